The average Bonchev–Trinajstić information content (AvgIpc) is 2.54. The van der Waals surface area contributed by atoms with Crippen molar-refractivity contribution in [1.82, 2.24) is 0 Å². The van der Waals surface area contributed by atoms with Crippen LogP contribution >= 0.6 is 0 Å². The SMILES string of the molecule is CCC(=O)C(=O)c1ccc(S(=O)(=O)c2ccccc2)cc1. The molecule has 0 unspecified atom stereocenters. The minimum Gasteiger partial charge on any atom is -0.290 e. The van der Waals surface area contributed by atoms with Gasteiger partial charge in [-0.15, -0.1) is 0 Å². The van der Waals surface area contributed by atoms with Crippen LogP contribution in [0.1, 0.15) is 23.7 Å². The van der Waals surface area contributed by atoms with Crippen LogP contribution in [0.4, 0.5) is 0 Å². The number of ketones is 2. The van der Waals surface area contributed by atoms with Gasteiger partial charge in [-0.25, -0.2) is 8.42 Å². The zero-order valence-corrected chi connectivity index (χ0v) is 12.3. The molecule has 21 heavy (non-hydrogen) atoms. The van der Waals surface area contributed by atoms with E-state index in [4.69, 9.17) is 0 Å². The van der Waals surface area contributed by atoms with Gasteiger partial charge in [0.05, 0.1) is 9.79 Å². The van der Waals surface area contributed by atoms with Gasteiger partial charge in [0.1, 0.15) is 0 Å². The molecule has 0 aliphatic carbocycles. The number of benzene rings is 2. The first-order chi connectivity index (χ1) is 9.96. The van der Waals surface area contributed by atoms with Crippen molar-refractivity contribution >= 4 is 21.4 Å². The smallest absolute Gasteiger partial charge is 0.228 e. The number of rotatable bonds is 5. The van der Waals surface area contributed by atoms with Crippen LogP contribution in [0.3, 0.4) is 0 Å². The first kappa shape index (κ1) is 15.1. The second kappa shape index (κ2) is 6.01. The number of sulfone groups is 1. The highest BCUT2D eigenvalue weighted by atomic mass is 32.2. The summed E-state index contributed by atoms with van der Waals surface area (Å²) < 4.78 is 24.7. The molecule has 2 aromatic rings. The molecule has 0 aliphatic rings. The Labute approximate surface area is 123 Å². The number of carbonyl (C=O) groups is 2. The van der Waals surface area contributed by atoms with E-state index in [9.17, 15) is 18.0 Å². The van der Waals surface area contributed by atoms with E-state index in [0.717, 1.165) is 0 Å². The summed E-state index contributed by atoms with van der Waals surface area (Å²) in [5.41, 5.74) is 0.203. The predicted molar refractivity (Wildman–Crippen MR) is 78.0 cm³/mol. The van der Waals surface area contributed by atoms with Gasteiger partial charge in [-0.05, 0) is 36.4 Å². The fourth-order valence-electron chi connectivity index (χ4n) is 1.84. The molecule has 0 N–H and O–H groups in total. The Morgan fingerprint density at radius 2 is 1.38 bits per heavy atom. The summed E-state index contributed by atoms with van der Waals surface area (Å²) in [7, 11) is -3.60. The van der Waals surface area contributed by atoms with Gasteiger partial charge in [0.15, 0.2) is 0 Å². The summed E-state index contributed by atoms with van der Waals surface area (Å²) in [4.78, 5) is 23.3. The second-order valence-corrected chi connectivity index (χ2v) is 6.40. The molecule has 0 spiro atoms. The van der Waals surface area contributed by atoms with E-state index in [0.29, 0.717) is 0 Å². The third kappa shape index (κ3) is 3.08. The lowest BCUT2D eigenvalue weighted by atomic mass is 10.1. The molecular formula is C16H14O4S. The van der Waals surface area contributed by atoms with E-state index in [1.165, 1.54) is 36.4 Å². The molecule has 0 saturated heterocycles. The Morgan fingerprint density at radius 1 is 0.857 bits per heavy atom. The van der Waals surface area contributed by atoms with Crippen molar-refractivity contribution in [2.24, 2.45) is 0 Å². The fourth-order valence-corrected chi connectivity index (χ4v) is 3.12. The monoisotopic (exact) mass is 302 g/mol. The Bertz CT molecular complexity index is 760. The zero-order valence-electron chi connectivity index (χ0n) is 11.4. The molecule has 0 fully saturated rings. The molecule has 0 radical (unpaired) electrons. The first-order valence-electron chi connectivity index (χ1n) is 6.44. The van der Waals surface area contributed by atoms with Gasteiger partial charge in [-0.2, -0.15) is 0 Å². The Kier molecular flexibility index (Phi) is 4.33. The van der Waals surface area contributed by atoms with Crippen LogP contribution < -0.4 is 0 Å². The molecule has 2 rings (SSSR count). The molecular weight excluding hydrogens is 288 g/mol. The maximum Gasteiger partial charge on any atom is 0.228 e. The highest BCUT2D eigenvalue weighted by Crippen LogP contribution is 2.21. The molecule has 0 heterocycles. The molecule has 0 aliphatic heterocycles. The van der Waals surface area contributed by atoms with Crippen LogP contribution in [0.2, 0.25) is 0 Å². The van der Waals surface area contributed by atoms with Crippen LogP contribution in [0, 0.1) is 0 Å². The van der Waals surface area contributed by atoms with Crippen molar-refractivity contribution in [2.45, 2.75) is 23.1 Å². The normalized spacial score (nSPS) is 11.1. The molecule has 0 atom stereocenters. The summed E-state index contributed by atoms with van der Waals surface area (Å²) in [5.74, 6) is -1.09. The highest BCUT2D eigenvalue weighted by molar-refractivity contribution is 7.91. The van der Waals surface area contributed by atoms with Crippen LogP contribution in [0.5, 0.6) is 0 Å². The van der Waals surface area contributed by atoms with Gasteiger partial charge in [0.25, 0.3) is 0 Å². The minimum absolute atomic E-state index is 0.0918. The topological polar surface area (TPSA) is 68.3 Å². The standard InChI is InChI=1S/C16H14O4S/c1-2-15(17)16(18)12-8-10-14(11-9-12)21(19,20)13-6-4-3-5-7-13/h3-11H,2H2,1H3. The maximum atomic E-state index is 12.4. The molecule has 2 aromatic carbocycles. The van der Waals surface area contributed by atoms with E-state index < -0.39 is 21.4 Å². The molecule has 108 valence electrons. The molecule has 0 saturated carbocycles. The summed E-state index contributed by atoms with van der Waals surface area (Å²) in [5, 5.41) is 0. The fraction of sp³-hybridized carbons (Fsp3) is 0.125. The van der Waals surface area contributed by atoms with Gasteiger partial charge >= 0.3 is 0 Å². The maximum absolute atomic E-state index is 12.4. The average molecular weight is 302 g/mol. The van der Waals surface area contributed by atoms with E-state index in [-0.39, 0.29) is 21.8 Å². The van der Waals surface area contributed by atoms with E-state index in [2.05, 4.69) is 0 Å². The summed E-state index contributed by atoms with van der Waals surface area (Å²) in [6.45, 7) is 1.61. The van der Waals surface area contributed by atoms with Gasteiger partial charge in [-0.1, -0.05) is 25.1 Å². The third-order valence-corrected chi connectivity index (χ3v) is 4.84. The van der Waals surface area contributed by atoms with E-state index in [1.807, 2.05) is 0 Å². The van der Waals surface area contributed by atoms with Crippen molar-refractivity contribution in [3.63, 3.8) is 0 Å². The van der Waals surface area contributed by atoms with Gasteiger partial charge in [0.2, 0.25) is 21.4 Å². The molecule has 0 aromatic heterocycles. The Hall–Kier alpha value is -2.27. The predicted octanol–water partition coefficient (Wildman–Crippen LogP) is 2.68. The Balaban J connectivity index is 2.36. The third-order valence-electron chi connectivity index (χ3n) is 3.05. The Morgan fingerprint density at radius 3 is 1.90 bits per heavy atom. The van der Waals surface area contributed by atoms with Gasteiger partial charge < -0.3 is 0 Å². The zero-order chi connectivity index (χ0) is 15.5. The van der Waals surface area contributed by atoms with Crippen LogP contribution in [-0.2, 0) is 14.6 Å². The summed E-state index contributed by atoms with van der Waals surface area (Å²) in [6, 6.07) is 13.5. The van der Waals surface area contributed by atoms with E-state index in [1.54, 1.807) is 25.1 Å². The lowest BCUT2D eigenvalue weighted by Crippen LogP contribution is -2.12. The van der Waals surface area contributed by atoms with Crippen molar-refractivity contribution in [3.05, 3.63) is 60.2 Å². The van der Waals surface area contributed by atoms with Crippen molar-refractivity contribution in [3.8, 4) is 0 Å². The van der Waals surface area contributed by atoms with Gasteiger partial charge in [-0.3, -0.25) is 9.59 Å². The summed E-state index contributed by atoms with van der Waals surface area (Å²) >= 11 is 0. The van der Waals surface area contributed by atoms with Crippen molar-refractivity contribution in [1.29, 1.82) is 0 Å². The molecule has 0 amide bonds. The lowest BCUT2D eigenvalue weighted by Gasteiger charge is -2.05. The van der Waals surface area contributed by atoms with E-state index >= 15 is 0 Å². The quantitative estimate of drug-likeness (QED) is 0.629. The lowest BCUT2D eigenvalue weighted by molar-refractivity contribution is -0.114. The first-order valence-corrected chi connectivity index (χ1v) is 7.93. The van der Waals surface area contributed by atoms with Crippen LogP contribution in [0.15, 0.2) is 64.4 Å². The number of carbonyl (C=O) groups excluding carboxylic acids is 2. The van der Waals surface area contributed by atoms with Crippen LogP contribution in [0.25, 0.3) is 0 Å². The second-order valence-electron chi connectivity index (χ2n) is 4.45. The van der Waals surface area contributed by atoms with Crippen molar-refractivity contribution in [2.75, 3.05) is 0 Å². The summed E-state index contributed by atoms with van der Waals surface area (Å²) in [6.07, 6.45) is 0.128. The highest BCUT2D eigenvalue weighted by Gasteiger charge is 2.19. The van der Waals surface area contributed by atoms with Crippen molar-refractivity contribution < 1.29 is 18.0 Å². The molecule has 0 bridgehead atoms. The number of hydrogen-bond acceptors (Lipinski definition) is 4. The minimum atomic E-state index is -3.60. The van der Waals surface area contributed by atoms with Gasteiger partial charge in [0, 0.05) is 12.0 Å². The molecule has 5 heteroatoms. The molecule has 4 nitrogen and oxygen atoms in total. The number of Topliss-reactive ketones (excluding diaryl/α,β-unsaturated/α-hetero) is 2. The number of hydrogen-bond donors (Lipinski definition) is 0. The largest absolute Gasteiger partial charge is 0.290 e. The van der Waals surface area contributed by atoms with Crippen LogP contribution in [-0.4, -0.2) is 20.0 Å².